The number of ketones is 1. The number of hydrogen-bond acceptors (Lipinski definition) is 7. The van der Waals surface area contributed by atoms with Crippen LogP contribution in [0.5, 0.6) is 23.0 Å². The Balaban J connectivity index is 1.64. The van der Waals surface area contributed by atoms with E-state index < -0.39 is 6.04 Å². The van der Waals surface area contributed by atoms with E-state index in [1.807, 2.05) is 60.7 Å². The molecule has 0 radical (unpaired) electrons. The molecule has 1 aliphatic carbocycles. The lowest BCUT2D eigenvalue weighted by Gasteiger charge is -2.31. The molecular formula is C31H34N2O5. The second-order valence-electron chi connectivity index (χ2n) is 9.50. The van der Waals surface area contributed by atoms with E-state index in [0.717, 1.165) is 46.1 Å². The number of ether oxygens (including phenoxy) is 4. The second kappa shape index (κ2) is 11.1. The quantitative estimate of drug-likeness (QED) is 0.356. The summed E-state index contributed by atoms with van der Waals surface area (Å²) < 4.78 is 23.0. The highest BCUT2D eigenvalue weighted by Crippen LogP contribution is 2.48. The highest BCUT2D eigenvalue weighted by atomic mass is 16.5. The molecule has 38 heavy (non-hydrogen) atoms. The number of carbonyl (C=O) groups is 1. The molecule has 198 valence electrons. The molecule has 1 aliphatic heterocycles. The van der Waals surface area contributed by atoms with E-state index >= 15 is 0 Å². The minimum absolute atomic E-state index is 0.0640. The van der Waals surface area contributed by atoms with Gasteiger partial charge < -0.3 is 29.6 Å². The van der Waals surface area contributed by atoms with Gasteiger partial charge in [0.1, 0.15) is 11.5 Å². The van der Waals surface area contributed by atoms with Crippen LogP contribution >= 0.6 is 0 Å². The monoisotopic (exact) mass is 514 g/mol. The van der Waals surface area contributed by atoms with Crippen molar-refractivity contribution >= 4 is 17.2 Å². The first-order chi connectivity index (χ1) is 18.6. The van der Waals surface area contributed by atoms with Gasteiger partial charge in [0.15, 0.2) is 17.3 Å². The highest BCUT2D eigenvalue weighted by Gasteiger charge is 2.38. The molecule has 0 amide bonds. The first-order valence-electron chi connectivity index (χ1n) is 13.0. The summed E-state index contributed by atoms with van der Waals surface area (Å²) in [5.41, 5.74) is 5.28. The van der Waals surface area contributed by atoms with Gasteiger partial charge in [0.25, 0.3) is 0 Å². The van der Waals surface area contributed by atoms with E-state index in [2.05, 4.69) is 17.6 Å². The number of fused-ring (bicyclic) bond motifs is 1. The molecule has 1 heterocycles. The summed E-state index contributed by atoms with van der Waals surface area (Å²) in [4.78, 5) is 14.1. The maximum absolute atomic E-state index is 14.1. The molecule has 0 saturated heterocycles. The molecule has 0 aromatic heterocycles. The topological polar surface area (TPSA) is 78.1 Å². The summed E-state index contributed by atoms with van der Waals surface area (Å²) in [5, 5.41) is 7.25. The maximum Gasteiger partial charge on any atom is 0.166 e. The van der Waals surface area contributed by atoms with Crippen LogP contribution in [-0.2, 0) is 4.79 Å². The number of benzene rings is 3. The number of para-hydroxylation sites is 3. The third-order valence-corrected chi connectivity index (χ3v) is 7.18. The molecule has 0 bridgehead atoms. The van der Waals surface area contributed by atoms with Gasteiger partial charge in [-0.1, -0.05) is 31.2 Å². The van der Waals surface area contributed by atoms with Crippen molar-refractivity contribution in [3.8, 4) is 23.0 Å². The van der Waals surface area contributed by atoms with Crippen LogP contribution in [0.3, 0.4) is 0 Å². The van der Waals surface area contributed by atoms with Crippen LogP contribution in [0.25, 0.3) is 0 Å². The van der Waals surface area contributed by atoms with Crippen LogP contribution in [0.2, 0.25) is 0 Å². The SMILES string of the molecule is CCCOc1c(OC)cccc1C1Nc2ccccc2NC2=C1C(=O)CC(c1cc(OC)ccc1OC)C2. The third kappa shape index (κ3) is 4.76. The van der Waals surface area contributed by atoms with E-state index in [1.165, 1.54) is 0 Å². The summed E-state index contributed by atoms with van der Waals surface area (Å²) in [5.74, 6) is 2.80. The fraction of sp³-hybridized carbons (Fsp3) is 0.323. The Bertz CT molecular complexity index is 1370. The molecule has 3 aromatic rings. The lowest BCUT2D eigenvalue weighted by Crippen LogP contribution is -2.27. The van der Waals surface area contributed by atoms with Crippen molar-refractivity contribution < 1.29 is 23.7 Å². The number of methoxy groups -OCH3 is 3. The minimum Gasteiger partial charge on any atom is -0.497 e. The number of rotatable bonds is 8. The Morgan fingerprint density at radius 2 is 1.63 bits per heavy atom. The summed E-state index contributed by atoms with van der Waals surface area (Å²) in [6, 6.07) is 19.2. The van der Waals surface area contributed by atoms with Gasteiger partial charge in [0, 0.05) is 34.7 Å². The predicted molar refractivity (Wildman–Crippen MR) is 149 cm³/mol. The van der Waals surface area contributed by atoms with E-state index in [1.54, 1.807) is 21.3 Å². The first-order valence-corrected chi connectivity index (χ1v) is 13.0. The zero-order valence-electron chi connectivity index (χ0n) is 22.3. The van der Waals surface area contributed by atoms with Crippen molar-refractivity contribution in [1.29, 1.82) is 0 Å². The van der Waals surface area contributed by atoms with Gasteiger partial charge in [-0.25, -0.2) is 0 Å². The molecule has 5 rings (SSSR count). The van der Waals surface area contributed by atoms with Crippen molar-refractivity contribution in [2.75, 3.05) is 38.6 Å². The summed E-state index contributed by atoms with van der Waals surface area (Å²) in [6.07, 6.45) is 1.86. The lowest BCUT2D eigenvalue weighted by atomic mass is 9.78. The van der Waals surface area contributed by atoms with Crippen molar-refractivity contribution in [1.82, 2.24) is 0 Å². The second-order valence-corrected chi connectivity index (χ2v) is 9.50. The van der Waals surface area contributed by atoms with Crippen molar-refractivity contribution in [3.05, 3.63) is 83.1 Å². The maximum atomic E-state index is 14.1. The van der Waals surface area contributed by atoms with E-state index in [9.17, 15) is 4.79 Å². The Hall–Kier alpha value is -4.13. The molecular weight excluding hydrogens is 480 g/mol. The minimum atomic E-state index is -0.413. The van der Waals surface area contributed by atoms with Gasteiger partial charge in [-0.3, -0.25) is 4.79 Å². The van der Waals surface area contributed by atoms with Gasteiger partial charge in [-0.05, 0) is 49.2 Å². The standard InChI is InChI=1S/C31H34N2O5/c1-5-15-38-31-21(9-8-12-28(31)37-4)30-29-25(32-23-10-6-7-11-24(23)33-30)16-19(17-26(29)34)22-18-20(35-2)13-14-27(22)36-3/h6-14,18-19,30,32-33H,5,15-17H2,1-4H3. The highest BCUT2D eigenvalue weighted by molar-refractivity contribution is 6.01. The van der Waals surface area contributed by atoms with E-state index in [0.29, 0.717) is 36.5 Å². The Kier molecular flexibility index (Phi) is 7.45. The van der Waals surface area contributed by atoms with Gasteiger partial charge >= 0.3 is 0 Å². The summed E-state index contributed by atoms with van der Waals surface area (Å²) in [6.45, 7) is 2.62. The van der Waals surface area contributed by atoms with Crippen LogP contribution in [-0.4, -0.2) is 33.7 Å². The van der Waals surface area contributed by atoms with Gasteiger partial charge in [-0.2, -0.15) is 0 Å². The fourth-order valence-electron chi connectivity index (χ4n) is 5.38. The molecule has 2 N–H and O–H groups in total. The first kappa shape index (κ1) is 25.5. The van der Waals surface area contributed by atoms with Crippen molar-refractivity contribution in [2.45, 2.75) is 38.1 Å². The Morgan fingerprint density at radius 3 is 2.37 bits per heavy atom. The number of carbonyl (C=O) groups excluding carboxylic acids is 1. The Morgan fingerprint density at radius 1 is 0.842 bits per heavy atom. The predicted octanol–water partition coefficient (Wildman–Crippen LogP) is 6.48. The molecule has 2 atom stereocenters. The van der Waals surface area contributed by atoms with Gasteiger partial charge in [0.2, 0.25) is 0 Å². The smallest absolute Gasteiger partial charge is 0.166 e. The van der Waals surface area contributed by atoms with Crippen LogP contribution in [0, 0.1) is 0 Å². The third-order valence-electron chi connectivity index (χ3n) is 7.18. The van der Waals surface area contributed by atoms with E-state index in [4.69, 9.17) is 18.9 Å². The summed E-state index contributed by atoms with van der Waals surface area (Å²) >= 11 is 0. The zero-order chi connectivity index (χ0) is 26.6. The number of hydrogen-bond donors (Lipinski definition) is 2. The molecule has 0 spiro atoms. The zero-order valence-corrected chi connectivity index (χ0v) is 22.3. The van der Waals surface area contributed by atoms with Crippen LogP contribution in [0.15, 0.2) is 71.9 Å². The Labute approximate surface area is 223 Å². The lowest BCUT2D eigenvalue weighted by molar-refractivity contribution is -0.116. The van der Waals surface area contributed by atoms with Crippen LogP contribution in [0.4, 0.5) is 11.4 Å². The van der Waals surface area contributed by atoms with Crippen molar-refractivity contribution in [2.24, 2.45) is 0 Å². The average molecular weight is 515 g/mol. The number of Topliss-reactive ketones (excluding diaryl/α,β-unsaturated/α-hetero) is 1. The van der Waals surface area contributed by atoms with Crippen LogP contribution < -0.4 is 29.6 Å². The molecule has 7 nitrogen and oxygen atoms in total. The van der Waals surface area contributed by atoms with Crippen molar-refractivity contribution in [3.63, 3.8) is 0 Å². The molecule has 2 unspecified atom stereocenters. The average Bonchev–Trinajstić information content (AvgIpc) is 3.12. The number of allylic oxidation sites excluding steroid dienone is 1. The molecule has 0 fully saturated rings. The molecule has 7 heteroatoms. The van der Waals surface area contributed by atoms with E-state index in [-0.39, 0.29) is 11.7 Å². The molecule has 3 aromatic carbocycles. The largest absolute Gasteiger partial charge is 0.497 e. The molecule has 0 saturated carbocycles. The van der Waals surface area contributed by atoms with Gasteiger partial charge in [0.05, 0.1) is 45.4 Å². The van der Waals surface area contributed by atoms with Gasteiger partial charge in [-0.15, -0.1) is 0 Å². The molecule has 2 aliphatic rings. The summed E-state index contributed by atoms with van der Waals surface area (Å²) in [7, 11) is 4.93. The van der Waals surface area contributed by atoms with Crippen LogP contribution in [0.1, 0.15) is 49.3 Å². The number of nitrogens with one attached hydrogen (secondary N) is 2. The normalized spacial score (nSPS) is 18.4. The fourth-order valence-corrected chi connectivity index (χ4v) is 5.38. The number of anilines is 2.